The number of hydrogen-bond donors (Lipinski definition) is 2. The Labute approximate surface area is 137 Å². The summed E-state index contributed by atoms with van der Waals surface area (Å²) in [6.45, 7) is 4.60. The number of rotatable bonds is 8. The van der Waals surface area contributed by atoms with Crippen molar-refractivity contribution >= 4 is 18.1 Å². The standard InChI is InChI=1S/C16H28N4OS/c1-3-5-8-12-9-6-10-13(12)17-15(21)11-20-14(7-4-2)18-19-16(20)22/h12-13H,3-11H2,1-2H3,(H,17,21)(H,19,22)/t12-,13+/m1/s1. The molecule has 1 heterocycles. The molecule has 0 unspecified atom stereocenters. The summed E-state index contributed by atoms with van der Waals surface area (Å²) in [5.41, 5.74) is 0. The van der Waals surface area contributed by atoms with Crippen LogP contribution in [0.3, 0.4) is 0 Å². The van der Waals surface area contributed by atoms with Crippen molar-refractivity contribution in [2.75, 3.05) is 0 Å². The molecule has 1 aromatic rings. The molecule has 2 atom stereocenters. The highest BCUT2D eigenvalue weighted by Gasteiger charge is 2.28. The molecule has 124 valence electrons. The van der Waals surface area contributed by atoms with Crippen LogP contribution in [-0.2, 0) is 17.8 Å². The van der Waals surface area contributed by atoms with Crippen LogP contribution in [0.2, 0.25) is 0 Å². The number of aryl methyl sites for hydroxylation is 1. The summed E-state index contributed by atoms with van der Waals surface area (Å²) in [5.74, 6) is 1.58. The lowest BCUT2D eigenvalue weighted by molar-refractivity contribution is -0.122. The number of carbonyl (C=O) groups excluding carboxylic acids is 1. The third-order valence-electron chi connectivity index (χ3n) is 4.55. The van der Waals surface area contributed by atoms with Gasteiger partial charge in [-0.3, -0.25) is 14.5 Å². The number of hydrogen-bond acceptors (Lipinski definition) is 3. The molecular formula is C16H28N4OS. The SMILES string of the molecule is CCCC[C@@H]1CCC[C@@H]1NC(=O)Cn1c(CCC)n[nH]c1=S. The number of nitrogens with one attached hydrogen (secondary N) is 2. The first-order valence-corrected chi connectivity index (χ1v) is 9.00. The maximum Gasteiger partial charge on any atom is 0.240 e. The van der Waals surface area contributed by atoms with Gasteiger partial charge in [0, 0.05) is 12.5 Å². The van der Waals surface area contributed by atoms with Gasteiger partial charge in [-0.05, 0) is 43.8 Å². The molecule has 22 heavy (non-hydrogen) atoms. The Morgan fingerprint density at radius 3 is 2.95 bits per heavy atom. The average molecular weight is 324 g/mol. The lowest BCUT2D eigenvalue weighted by atomic mass is 9.97. The molecule has 0 spiro atoms. The van der Waals surface area contributed by atoms with Crippen molar-refractivity contribution in [2.45, 2.75) is 77.8 Å². The second-order valence-corrected chi connectivity index (χ2v) is 6.68. The Morgan fingerprint density at radius 1 is 1.41 bits per heavy atom. The van der Waals surface area contributed by atoms with E-state index < -0.39 is 0 Å². The number of H-pyrrole nitrogens is 1. The highest BCUT2D eigenvalue weighted by molar-refractivity contribution is 7.71. The molecule has 0 saturated heterocycles. The van der Waals surface area contributed by atoms with Gasteiger partial charge in [0.1, 0.15) is 12.4 Å². The fourth-order valence-corrected chi connectivity index (χ4v) is 3.58. The van der Waals surface area contributed by atoms with Crippen molar-refractivity contribution in [3.8, 4) is 0 Å². The minimum atomic E-state index is 0.0586. The molecule has 1 aliphatic rings. The van der Waals surface area contributed by atoms with Gasteiger partial charge in [-0.2, -0.15) is 5.10 Å². The maximum absolute atomic E-state index is 12.4. The van der Waals surface area contributed by atoms with Crippen molar-refractivity contribution in [2.24, 2.45) is 5.92 Å². The van der Waals surface area contributed by atoms with E-state index in [0.717, 1.165) is 25.1 Å². The third-order valence-corrected chi connectivity index (χ3v) is 4.86. The largest absolute Gasteiger partial charge is 0.352 e. The van der Waals surface area contributed by atoms with Crippen LogP contribution >= 0.6 is 12.2 Å². The number of aromatic nitrogens is 3. The van der Waals surface area contributed by atoms with Gasteiger partial charge in [-0.15, -0.1) is 0 Å². The van der Waals surface area contributed by atoms with Crippen molar-refractivity contribution in [1.82, 2.24) is 20.1 Å². The number of nitrogens with zero attached hydrogens (tertiary/aromatic N) is 2. The van der Waals surface area contributed by atoms with Gasteiger partial charge in [0.15, 0.2) is 4.77 Å². The zero-order valence-electron chi connectivity index (χ0n) is 13.7. The monoisotopic (exact) mass is 324 g/mol. The Kier molecular flexibility index (Phi) is 6.61. The first-order chi connectivity index (χ1) is 10.7. The topological polar surface area (TPSA) is 62.7 Å². The van der Waals surface area contributed by atoms with Gasteiger partial charge in [0.25, 0.3) is 0 Å². The lowest BCUT2D eigenvalue weighted by Crippen LogP contribution is -2.39. The van der Waals surface area contributed by atoms with Crippen LogP contribution in [-0.4, -0.2) is 26.7 Å². The van der Waals surface area contributed by atoms with Gasteiger partial charge in [-0.25, -0.2) is 0 Å². The quantitative estimate of drug-likeness (QED) is 0.721. The Hall–Kier alpha value is -1.17. The van der Waals surface area contributed by atoms with Crippen LogP contribution in [0.5, 0.6) is 0 Å². The molecule has 1 fully saturated rings. The Bertz CT molecular complexity index is 536. The zero-order valence-corrected chi connectivity index (χ0v) is 14.5. The van der Waals surface area contributed by atoms with E-state index in [1.54, 1.807) is 0 Å². The van der Waals surface area contributed by atoms with Gasteiger partial charge in [0.05, 0.1) is 0 Å². The zero-order chi connectivity index (χ0) is 15.9. The van der Waals surface area contributed by atoms with E-state index in [1.807, 2.05) is 4.57 Å². The molecule has 0 bridgehead atoms. The van der Waals surface area contributed by atoms with E-state index in [-0.39, 0.29) is 12.5 Å². The smallest absolute Gasteiger partial charge is 0.240 e. The summed E-state index contributed by atoms with van der Waals surface area (Å²) < 4.78 is 2.36. The van der Waals surface area contributed by atoms with Crippen LogP contribution in [0.15, 0.2) is 0 Å². The fraction of sp³-hybridized carbons (Fsp3) is 0.812. The fourth-order valence-electron chi connectivity index (χ4n) is 3.36. The number of amides is 1. The summed E-state index contributed by atoms with van der Waals surface area (Å²) in [6.07, 6.45) is 9.12. The normalized spacial score (nSPS) is 21.2. The second-order valence-electron chi connectivity index (χ2n) is 6.29. The van der Waals surface area contributed by atoms with E-state index >= 15 is 0 Å². The van der Waals surface area contributed by atoms with Gasteiger partial charge in [-0.1, -0.05) is 33.1 Å². The van der Waals surface area contributed by atoms with E-state index in [0.29, 0.717) is 16.7 Å². The van der Waals surface area contributed by atoms with E-state index in [2.05, 4.69) is 29.4 Å². The molecule has 0 radical (unpaired) electrons. The van der Waals surface area contributed by atoms with Crippen LogP contribution in [0.4, 0.5) is 0 Å². The van der Waals surface area contributed by atoms with E-state index in [9.17, 15) is 4.79 Å². The Balaban J connectivity index is 1.92. The van der Waals surface area contributed by atoms with Gasteiger partial charge in [0.2, 0.25) is 5.91 Å². The molecule has 0 aromatic carbocycles. The van der Waals surface area contributed by atoms with E-state index in [4.69, 9.17) is 12.2 Å². The molecule has 1 amide bonds. The highest BCUT2D eigenvalue weighted by Crippen LogP contribution is 2.29. The molecule has 1 aliphatic carbocycles. The van der Waals surface area contributed by atoms with Gasteiger partial charge < -0.3 is 5.32 Å². The van der Waals surface area contributed by atoms with Crippen molar-refractivity contribution in [1.29, 1.82) is 0 Å². The average Bonchev–Trinajstić information content (AvgIpc) is 3.06. The summed E-state index contributed by atoms with van der Waals surface area (Å²) in [5, 5.41) is 10.2. The van der Waals surface area contributed by atoms with Crippen molar-refractivity contribution in [3.63, 3.8) is 0 Å². The van der Waals surface area contributed by atoms with Crippen LogP contribution in [0.1, 0.15) is 64.6 Å². The summed E-state index contributed by atoms with van der Waals surface area (Å²) in [4.78, 5) is 12.4. The Morgan fingerprint density at radius 2 is 2.23 bits per heavy atom. The summed E-state index contributed by atoms with van der Waals surface area (Å²) in [7, 11) is 0. The van der Waals surface area contributed by atoms with E-state index in [1.165, 1.54) is 32.1 Å². The first kappa shape index (κ1) is 17.2. The molecule has 1 saturated carbocycles. The predicted octanol–water partition coefficient (Wildman–Crippen LogP) is 3.37. The number of unbranched alkanes of at least 4 members (excludes halogenated alkanes) is 1. The number of carbonyl (C=O) groups is 1. The third kappa shape index (κ3) is 4.41. The lowest BCUT2D eigenvalue weighted by Gasteiger charge is -2.21. The summed E-state index contributed by atoms with van der Waals surface area (Å²) >= 11 is 5.23. The van der Waals surface area contributed by atoms with Crippen LogP contribution < -0.4 is 5.32 Å². The second kappa shape index (κ2) is 8.46. The minimum absolute atomic E-state index is 0.0586. The highest BCUT2D eigenvalue weighted by atomic mass is 32.1. The minimum Gasteiger partial charge on any atom is -0.352 e. The van der Waals surface area contributed by atoms with Crippen LogP contribution in [0, 0.1) is 10.7 Å². The number of aromatic amines is 1. The van der Waals surface area contributed by atoms with Crippen LogP contribution in [0.25, 0.3) is 0 Å². The molecule has 5 nitrogen and oxygen atoms in total. The molecule has 2 N–H and O–H groups in total. The maximum atomic E-state index is 12.4. The van der Waals surface area contributed by atoms with Crippen molar-refractivity contribution in [3.05, 3.63) is 10.6 Å². The molecule has 1 aromatic heterocycles. The first-order valence-electron chi connectivity index (χ1n) is 8.59. The van der Waals surface area contributed by atoms with Crippen molar-refractivity contribution < 1.29 is 4.79 Å². The predicted molar refractivity (Wildman–Crippen MR) is 90.2 cm³/mol. The molecule has 0 aliphatic heterocycles. The molecular weight excluding hydrogens is 296 g/mol. The molecule has 6 heteroatoms. The van der Waals surface area contributed by atoms with Gasteiger partial charge >= 0.3 is 0 Å². The summed E-state index contributed by atoms with van der Waals surface area (Å²) in [6, 6.07) is 0.342. The molecule has 2 rings (SSSR count).